The zero-order chi connectivity index (χ0) is 12.5. The van der Waals surface area contributed by atoms with Gasteiger partial charge in [0, 0.05) is 0 Å². The quantitative estimate of drug-likeness (QED) is 0.845. The summed E-state index contributed by atoms with van der Waals surface area (Å²) >= 11 is 0. The van der Waals surface area contributed by atoms with E-state index in [-0.39, 0.29) is 5.92 Å². The fourth-order valence-electron chi connectivity index (χ4n) is 2.15. The third-order valence-electron chi connectivity index (χ3n) is 3.68. The molecule has 0 bridgehead atoms. The Morgan fingerprint density at radius 2 is 1.88 bits per heavy atom. The Morgan fingerprint density at radius 1 is 1.29 bits per heavy atom. The summed E-state index contributed by atoms with van der Waals surface area (Å²) < 4.78 is 5.71. The van der Waals surface area contributed by atoms with Crippen LogP contribution in [0.1, 0.15) is 45.6 Å². The molecule has 0 aromatic heterocycles. The third kappa shape index (κ3) is 2.63. The van der Waals surface area contributed by atoms with Crippen molar-refractivity contribution in [3.05, 3.63) is 29.8 Å². The van der Waals surface area contributed by atoms with Crippen LogP contribution in [0.4, 0.5) is 0 Å². The molecule has 1 unspecified atom stereocenters. The Balaban J connectivity index is 2.14. The average Bonchev–Trinajstić information content (AvgIpc) is 3.12. The Morgan fingerprint density at radius 3 is 2.29 bits per heavy atom. The van der Waals surface area contributed by atoms with E-state index in [9.17, 15) is 5.11 Å². The number of hydrogen-bond acceptors (Lipinski definition) is 2. The Bertz CT molecular complexity index is 365. The molecular weight excluding hydrogens is 212 g/mol. The van der Waals surface area contributed by atoms with E-state index in [1.165, 1.54) is 12.8 Å². The van der Waals surface area contributed by atoms with Gasteiger partial charge in [-0.25, -0.2) is 0 Å². The maximum atomic E-state index is 10.6. The first-order chi connectivity index (χ1) is 8.06. The number of hydrogen-bond donors (Lipinski definition) is 1. The molecule has 0 heterocycles. The second kappa shape index (κ2) is 4.69. The molecule has 1 aromatic rings. The molecule has 0 aliphatic heterocycles. The minimum absolute atomic E-state index is 0.211. The van der Waals surface area contributed by atoms with Crippen LogP contribution >= 0.6 is 0 Å². The SMILES string of the molecule is CCC(O)(c1ccc(OC2CC2)cc1)C(C)C. The normalized spacial score (nSPS) is 19.1. The highest BCUT2D eigenvalue weighted by atomic mass is 16.5. The summed E-state index contributed by atoms with van der Waals surface area (Å²) in [6, 6.07) is 7.91. The van der Waals surface area contributed by atoms with Crippen molar-refractivity contribution in [1.82, 2.24) is 0 Å². The van der Waals surface area contributed by atoms with Crippen molar-refractivity contribution < 1.29 is 9.84 Å². The zero-order valence-corrected chi connectivity index (χ0v) is 10.9. The second-order valence-corrected chi connectivity index (χ2v) is 5.27. The standard InChI is InChI=1S/C15H22O2/c1-4-15(16,11(2)3)12-5-7-13(8-6-12)17-14-9-10-14/h5-8,11,14,16H,4,9-10H2,1-3H3. The van der Waals surface area contributed by atoms with Gasteiger partial charge in [0.2, 0.25) is 0 Å². The van der Waals surface area contributed by atoms with Gasteiger partial charge in [-0.2, -0.15) is 0 Å². The van der Waals surface area contributed by atoms with Gasteiger partial charge in [0.1, 0.15) is 5.75 Å². The molecule has 0 spiro atoms. The molecule has 1 fully saturated rings. The van der Waals surface area contributed by atoms with E-state index in [1.54, 1.807) is 0 Å². The van der Waals surface area contributed by atoms with Gasteiger partial charge in [0.25, 0.3) is 0 Å². The topological polar surface area (TPSA) is 29.5 Å². The van der Waals surface area contributed by atoms with E-state index < -0.39 is 5.60 Å². The molecule has 1 N–H and O–H groups in total. The van der Waals surface area contributed by atoms with E-state index in [0.29, 0.717) is 6.10 Å². The molecule has 1 atom stereocenters. The van der Waals surface area contributed by atoms with Gasteiger partial charge in [-0.1, -0.05) is 32.9 Å². The minimum atomic E-state index is -0.724. The lowest BCUT2D eigenvalue weighted by Gasteiger charge is -2.31. The van der Waals surface area contributed by atoms with Crippen LogP contribution in [-0.2, 0) is 5.60 Å². The van der Waals surface area contributed by atoms with Crippen molar-refractivity contribution in [1.29, 1.82) is 0 Å². The average molecular weight is 234 g/mol. The largest absolute Gasteiger partial charge is 0.490 e. The van der Waals surface area contributed by atoms with Crippen LogP contribution in [0, 0.1) is 5.92 Å². The van der Waals surface area contributed by atoms with Gasteiger partial charge in [-0.05, 0) is 42.9 Å². The summed E-state index contributed by atoms with van der Waals surface area (Å²) in [5, 5.41) is 10.6. The molecule has 17 heavy (non-hydrogen) atoms. The zero-order valence-electron chi connectivity index (χ0n) is 10.9. The van der Waals surface area contributed by atoms with Gasteiger partial charge in [0.05, 0.1) is 11.7 Å². The molecule has 0 radical (unpaired) electrons. The number of rotatable bonds is 5. The minimum Gasteiger partial charge on any atom is -0.490 e. The first-order valence-corrected chi connectivity index (χ1v) is 6.56. The van der Waals surface area contributed by atoms with E-state index in [4.69, 9.17) is 4.74 Å². The molecule has 0 amide bonds. The van der Waals surface area contributed by atoms with E-state index >= 15 is 0 Å². The fraction of sp³-hybridized carbons (Fsp3) is 0.600. The van der Waals surface area contributed by atoms with Crippen molar-refractivity contribution in [2.45, 2.75) is 51.7 Å². The number of benzene rings is 1. The van der Waals surface area contributed by atoms with Gasteiger partial charge >= 0.3 is 0 Å². The van der Waals surface area contributed by atoms with Crippen molar-refractivity contribution >= 4 is 0 Å². The van der Waals surface area contributed by atoms with Crippen LogP contribution in [-0.4, -0.2) is 11.2 Å². The number of aliphatic hydroxyl groups is 1. The van der Waals surface area contributed by atoms with E-state index in [0.717, 1.165) is 17.7 Å². The lowest BCUT2D eigenvalue weighted by atomic mass is 9.81. The maximum absolute atomic E-state index is 10.6. The van der Waals surface area contributed by atoms with Crippen molar-refractivity contribution in [2.75, 3.05) is 0 Å². The van der Waals surface area contributed by atoms with Crippen LogP contribution in [0.15, 0.2) is 24.3 Å². The molecule has 1 aliphatic rings. The molecular formula is C15H22O2. The van der Waals surface area contributed by atoms with Crippen molar-refractivity contribution in [2.24, 2.45) is 5.92 Å². The predicted octanol–water partition coefficient (Wildman–Crippen LogP) is 3.48. The summed E-state index contributed by atoms with van der Waals surface area (Å²) in [4.78, 5) is 0. The van der Waals surface area contributed by atoms with Crippen LogP contribution in [0.5, 0.6) is 5.75 Å². The van der Waals surface area contributed by atoms with Crippen molar-refractivity contribution in [3.63, 3.8) is 0 Å². The molecule has 1 aliphatic carbocycles. The highest BCUT2D eigenvalue weighted by Gasteiger charge is 2.31. The summed E-state index contributed by atoms with van der Waals surface area (Å²) in [6.07, 6.45) is 3.50. The van der Waals surface area contributed by atoms with Gasteiger partial charge < -0.3 is 9.84 Å². The maximum Gasteiger partial charge on any atom is 0.119 e. The van der Waals surface area contributed by atoms with E-state index in [2.05, 4.69) is 13.8 Å². The first-order valence-electron chi connectivity index (χ1n) is 6.56. The molecule has 0 saturated heterocycles. The van der Waals surface area contributed by atoms with Crippen LogP contribution < -0.4 is 4.74 Å². The highest BCUT2D eigenvalue weighted by molar-refractivity contribution is 5.31. The van der Waals surface area contributed by atoms with Crippen LogP contribution in [0.25, 0.3) is 0 Å². The molecule has 2 nitrogen and oxygen atoms in total. The lowest BCUT2D eigenvalue weighted by molar-refractivity contribution is -0.0140. The molecule has 1 saturated carbocycles. The summed E-state index contributed by atoms with van der Waals surface area (Å²) in [5.41, 5.74) is 0.260. The van der Waals surface area contributed by atoms with Crippen LogP contribution in [0.2, 0.25) is 0 Å². The van der Waals surface area contributed by atoms with Gasteiger partial charge in [-0.15, -0.1) is 0 Å². The second-order valence-electron chi connectivity index (χ2n) is 5.27. The lowest BCUT2D eigenvalue weighted by Crippen LogP contribution is -2.31. The van der Waals surface area contributed by atoms with Gasteiger partial charge in [0.15, 0.2) is 0 Å². The number of ether oxygens (including phenoxy) is 1. The Hall–Kier alpha value is -1.02. The smallest absolute Gasteiger partial charge is 0.119 e. The molecule has 94 valence electrons. The Kier molecular flexibility index (Phi) is 3.43. The first kappa shape index (κ1) is 12.4. The molecule has 1 aromatic carbocycles. The van der Waals surface area contributed by atoms with Crippen molar-refractivity contribution in [3.8, 4) is 5.75 Å². The van der Waals surface area contributed by atoms with Crippen LogP contribution in [0.3, 0.4) is 0 Å². The molecule has 2 heteroatoms. The summed E-state index contributed by atoms with van der Waals surface area (Å²) in [7, 11) is 0. The van der Waals surface area contributed by atoms with E-state index in [1.807, 2.05) is 31.2 Å². The Labute approximate surface area is 104 Å². The summed E-state index contributed by atoms with van der Waals surface area (Å²) in [5.74, 6) is 1.13. The fourth-order valence-corrected chi connectivity index (χ4v) is 2.15. The monoisotopic (exact) mass is 234 g/mol. The highest BCUT2D eigenvalue weighted by Crippen LogP contribution is 2.34. The predicted molar refractivity (Wildman–Crippen MR) is 69.1 cm³/mol. The molecule has 2 rings (SSSR count). The third-order valence-corrected chi connectivity index (χ3v) is 3.68. The van der Waals surface area contributed by atoms with Gasteiger partial charge in [-0.3, -0.25) is 0 Å². The summed E-state index contributed by atoms with van der Waals surface area (Å²) in [6.45, 7) is 6.13.